The Morgan fingerprint density at radius 2 is 2.04 bits per heavy atom. The number of hydrogen-bond donors (Lipinski definition) is 2. The van der Waals surface area contributed by atoms with Crippen molar-refractivity contribution in [3.8, 4) is 0 Å². The summed E-state index contributed by atoms with van der Waals surface area (Å²) in [6.45, 7) is 2.84. The fourth-order valence-electron chi connectivity index (χ4n) is 1.54. The van der Waals surface area contributed by atoms with E-state index in [2.05, 4.69) is 5.32 Å². The molecule has 1 aromatic rings. The lowest BCUT2D eigenvalue weighted by atomic mass is 10.4. The van der Waals surface area contributed by atoms with Gasteiger partial charge in [0.2, 0.25) is 6.29 Å². The van der Waals surface area contributed by atoms with Gasteiger partial charge in [0, 0.05) is 29.8 Å². The van der Waals surface area contributed by atoms with Crippen molar-refractivity contribution < 1.29 is 29.0 Å². The molecule has 0 saturated heterocycles. The summed E-state index contributed by atoms with van der Waals surface area (Å²) in [5.41, 5.74) is 0. The molecule has 24 heavy (non-hydrogen) atoms. The normalized spacial score (nSPS) is 12.8. The van der Waals surface area contributed by atoms with Gasteiger partial charge in [0.1, 0.15) is 5.25 Å². The maximum absolute atomic E-state index is 11.6. The van der Waals surface area contributed by atoms with E-state index in [9.17, 15) is 19.5 Å². The van der Waals surface area contributed by atoms with Crippen LogP contribution in [-0.4, -0.2) is 41.2 Å². The van der Waals surface area contributed by atoms with Crippen molar-refractivity contribution in [1.29, 1.82) is 0 Å². The zero-order valence-electron chi connectivity index (χ0n) is 13.2. The second kappa shape index (κ2) is 10.0. The molecule has 0 fully saturated rings. The van der Waals surface area contributed by atoms with Crippen LogP contribution in [0.15, 0.2) is 29.2 Å². The van der Waals surface area contributed by atoms with Crippen molar-refractivity contribution in [2.24, 2.45) is 0 Å². The first-order valence-electron chi connectivity index (χ1n) is 7.10. The number of alkyl carbamates (subject to hydrolysis) is 1. The Labute approximate surface area is 148 Å². The summed E-state index contributed by atoms with van der Waals surface area (Å²) in [6.07, 6.45) is -1.77. The van der Waals surface area contributed by atoms with Crippen LogP contribution in [0.5, 0.6) is 0 Å². The average Bonchev–Trinajstić information content (AvgIpc) is 2.50. The van der Waals surface area contributed by atoms with Crippen molar-refractivity contribution in [3.05, 3.63) is 29.3 Å². The van der Waals surface area contributed by atoms with Gasteiger partial charge >= 0.3 is 18.0 Å². The zero-order chi connectivity index (χ0) is 18.1. The second-order valence-corrected chi connectivity index (χ2v) is 6.31. The summed E-state index contributed by atoms with van der Waals surface area (Å²) in [6, 6.07) is 6.73. The number of nitrogens with one attached hydrogen (secondary N) is 1. The van der Waals surface area contributed by atoms with E-state index in [1.54, 1.807) is 31.2 Å². The maximum atomic E-state index is 11.6. The summed E-state index contributed by atoms with van der Waals surface area (Å²) in [7, 11) is 0. The Hall–Kier alpha value is -1.93. The third kappa shape index (κ3) is 7.56. The highest BCUT2D eigenvalue weighted by Gasteiger charge is 2.21. The number of halogens is 1. The Morgan fingerprint density at radius 1 is 1.33 bits per heavy atom. The van der Waals surface area contributed by atoms with Crippen LogP contribution >= 0.6 is 23.4 Å². The maximum Gasteiger partial charge on any atom is 0.410 e. The number of carboxylic acids is 1. The molecule has 1 aromatic carbocycles. The van der Waals surface area contributed by atoms with Crippen molar-refractivity contribution in [2.75, 3.05) is 6.54 Å². The lowest BCUT2D eigenvalue weighted by Gasteiger charge is -2.16. The van der Waals surface area contributed by atoms with Gasteiger partial charge in [-0.2, -0.15) is 0 Å². The Morgan fingerprint density at radius 3 is 2.62 bits per heavy atom. The van der Waals surface area contributed by atoms with Gasteiger partial charge in [0.15, 0.2) is 0 Å². The molecule has 0 aromatic heterocycles. The summed E-state index contributed by atoms with van der Waals surface area (Å²) in [5, 5.41) is 11.1. The van der Waals surface area contributed by atoms with Gasteiger partial charge in [-0.05, 0) is 18.2 Å². The standard InChI is InChI=1S/C15H18ClNO6S/c1-3-13(18)22-9(2)23-15(21)17-8-12(14(19)20)24-11-6-4-5-10(16)7-11/h4-7,9,12H,3,8H2,1-2H3,(H,17,21)(H,19,20)/t9-,12-/m0/s1. The van der Waals surface area contributed by atoms with Crippen LogP contribution in [0.25, 0.3) is 0 Å². The van der Waals surface area contributed by atoms with Gasteiger partial charge in [0.25, 0.3) is 0 Å². The van der Waals surface area contributed by atoms with Gasteiger partial charge in [-0.15, -0.1) is 11.8 Å². The molecule has 1 rings (SSSR count). The molecule has 132 valence electrons. The van der Waals surface area contributed by atoms with Crippen LogP contribution in [0.1, 0.15) is 20.3 Å². The van der Waals surface area contributed by atoms with Gasteiger partial charge in [-0.25, -0.2) is 4.79 Å². The van der Waals surface area contributed by atoms with Crippen LogP contribution in [0, 0.1) is 0 Å². The minimum Gasteiger partial charge on any atom is -0.480 e. The Bertz CT molecular complexity index is 597. The van der Waals surface area contributed by atoms with Crippen LogP contribution in [0.3, 0.4) is 0 Å². The minimum absolute atomic E-state index is 0.159. The molecule has 9 heteroatoms. The molecule has 0 unspecified atom stereocenters. The van der Waals surface area contributed by atoms with E-state index in [1.165, 1.54) is 6.92 Å². The van der Waals surface area contributed by atoms with Crippen molar-refractivity contribution in [1.82, 2.24) is 5.32 Å². The van der Waals surface area contributed by atoms with E-state index in [4.69, 9.17) is 21.1 Å². The first kappa shape index (κ1) is 20.1. The summed E-state index contributed by atoms with van der Waals surface area (Å²) in [5.74, 6) is -1.60. The van der Waals surface area contributed by atoms with Gasteiger partial charge in [-0.1, -0.05) is 24.6 Å². The molecule has 0 radical (unpaired) electrons. The number of esters is 1. The first-order valence-corrected chi connectivity index (χ1v) is 8.36. The van der Waals surface area contributed by atoms with E-state index < -0.39 is 29.6 Å². The van der Waals surface area contributed by atoms with E-state index in [0.717, 1.165) is 11.8 Å². The third-order valence-electron chi connectivity index (χ3n) is 2.64. The number of carbonyl (C=O) groups excluding carboxylic acids is 2. The molecule has 2 N–H and O–H groups in total. The van der Waals surface area contributed by atoms with Gasteiger partial charge in [-0.3, -0.25) is 9.59 Å². The fraction of sp³-hybridized carbons (Fsp3) is 0.400. The third-order valence-corrected chi connectivity index (χ3v) is 4.05. The van der Waals surface area contributed by atoms with E-state index >= 15 is 0 Å². The lowest BCUT2D eigenvalue weighted by molar-refractivity contribution is -0.164. The van der Waals surface area contributed by atoms with E-state index in [-0.39, 0.29) is 13.0 Å². The molecule has 7 nitrogen and oxygen atoms in total. The van der Waals surface area contributed by atoms with Crippen molar-refractivity contribution in [2.45, 2.75) is 36.7 Å². The van der Waals surface area contributed by atoms with E-state index in [1.807, 2.05) is 0 Å². The van der Waals surface area contributed by atoms with Gasteiger partial charge < -0.3 is 19.9 Å². The highest BCUT2D eigenvalue weighted by atomic mass is 35.5. The van der Waals surface area contributed by atoms with Crippen LogP contribution in [0.4, 0.5) is 4.79 Å². The molecule has 0 aliphatic rings. The predicted molar refractivity (Wildman–Crippen MR) is 89.1 cm³/mol. The highest BCUT2D eigenvalue weighted by Crippen LogP contribution is 2.25. The number of hydrogen-bond acceptors (Lipinski definition) is 6. The monoisotopic (exact) mass is 375 g/mol. The van der Waals surface area contributed by atoms with E-state index in [0.29, 0.717) is 9.92 Å². The smallest absolute Gasteiger partial charge is 0.410 e. The quantitative estimate of drug-likeness (QED) is 0.409. The number of benzene rings is 1. The van der Waals surface area contributed by atoms with Crippen LogP contribution in [0.2, 0.25) is 5.02 Å². The lowest BCUT2D eigenvalue weighted by Crippen LogP contribution is -2.37. The molecular formula is C15H18ClNO6S. The minimum atomic E-state index is -1.09. The molecule has 0 aliphatic heterocycles. The summed E-state index contributed by atoms with van der Waals surface area (Å²) < 4.78 is 9.58. The van der Waals surface area contributed by atoms with Crippen molar-refractivity contribution in [3.63, 3.8) is 0 Å². The molecule has 0 spiro atoms. The zero-order valence-corrected chi connectivity index (χ0v) is 14.7. The molecule has 2 atom stereocenters. The molecule has 0 bridgehead atoms. The number of carboxylic acid groups (broad SMARTS) is 1. The first-order chi connectivity index (χ1) is 11.3. The molecule has 0 saturated carbocycles. The number of amides is 1. The topological polar surface area (TPSA) is 102 Å². The molecule has 0 heterocycles. The Balaban J connectivity index is 2.50. The number of aliphatic carboxylic acids is 1. The van der Waals surface area contributed by atoms with Crippen molar-refractivity contribution >= 4 is 41.4 Å². The number of thioether (sulfide) groups is 1. The number of ether oxygens (including phenoxy) is 2. The summed E-state index contributed by atoms with van der Waals surface area (Å²) >= 11 is 6.90. The predicted octanol–water partition coefficient (Wildman–Crippen LogP) is 2.91. The fourth-order valence-corrected chi connectivity index (χ4v) is 2.75. The highest BCUT2D eigenvalue weighted by molar-refractivity contribution is 8.00. The summed E-state index contributed by atoms with van der Waals surface area (Å²) in [4.78, 5) is 34.6. The average molecular weight is 376 g/mol. The molecular weight excluding hydrogens is 358 g/mol. The Kier molecular flexibility index (Phi) is 8.42. The SMILES string of the molecule is CCC(=O)O[C@H](C)OC(=O)NC[C@H](Sc1cccc(Cl)c1)C(=O)O. The molecule has 1 amide bonds. The van der Waals surface area contributed by atoms with Crippen LogP contribution < -0.4 is 5.32 Å². The van der Waals surface area contributed by atoms with Gasteiger partial charge in [0.05, 0.1) is 0 Å². The molecule has 0 aliphatic carbocycles. The second-order valence-electron chi connectivity index (χ2n) is 4.60. The van der Waals surface area contributed by atoms with Crippen LogP contribution in [-0.2, 0) is 19.1 Å². The number of carbonyl (C=O) groups is 3. The largest absolute Gasteiger partial charge is 0.480 e. The number of rotatable bonds is 8.